The molecule has 2 aliphatic rings. The Balaban J connectivity index is 1.22. The average molecular weight is 517 g/mol. The fraction of sp³-hybridized carbons (Fsp3) is 0.615. The van der Waals surface area contributed by atoms with E-state index in [0.717, 1.165) is 71.0 Å². The summed E-state index contributed by atoms with van der Waals surface area (Å²) in [5, 5.41) is 25.1. The summed E-state index contributed by atoms with van der Waals surface area (Å²) in [7, 11) is 9.87. The molecule has 3 aromatic rings. The summed E-state index contributed by atoms with van der Waals surface area (Å²) in [6.45, 7) is 9.89. The van der Waals surface area contributed by atoms with E-state index in [1.54, 1.807) is 0 Å². The molecule has 2 aliphatic heterocycles. The third-order valence-corrected chi connectivity index (χ3v) is 8.14. The summed E-state index contributed by atoms with van der Waals surface area (Å²) in [5.74, 6) is 0. The lowest BCUT2D eigenvalue weighted by atomic mass is 10.2. The molecule has 5 rings (SSSR count). The second-order valence-corrected chi connectivity index (χ2v) is 11.5. The van der Waals surface area contributed by atoms with Crippen LogP contribution in [0.4, 0.5) is 11.4 Å². The molecule has 0 spiro atoms. The van der Waals surface area contributed by atoms with Gasteiger partial charge in [-0.1, -0.05) is 10.4 Å². The molecule has 2 saturated heterocycles. The van der Waals surface area contributed by atoms with Gasteiger partial charge in [0.1, 0.15) is 24.5 Å². The Labute approximate surface area is 226 Å². The Morgan fingerprint density at radius 2 is 1.26 bits per heavy atom. The van der Waals surface area contributed by atoms with Crippen LogP contribution in [-0.2, 0) is 26.2 Å². The number of anilines is 1. The molecule has 38 heavy (non-hydrogen) atoms. The smallest absolute Gasteiger partial charge is 0.293 e. The van der Waals surface area contributed by atoms with Gasteiger partial charge in [0, 0.05) is 44.5 Å². The lowest BCUT2D eigenvalue weighted by Crippen LogP contribution is -2.39. The number of likely N-dealkylation sites (tertiary alicyclic amines) is 2. The van der Waals surface area contributed by atoms with E-state index in [-0.39, 0.29) is 0 Å². The number of aromatic nitrogens is 6. The molecule has 2 radical (unpaired) electrons. The minimum absolute atomic E-state index is 0.732. The van der Waals surface area contributed by atoms with Crippen molar-refractivity contribution in [1.82, 2.24) is 30.0 Å². The molecule has 0 atom stereocenters. The van der Waals surface area contributed by atoms with Crippen LogP contribution in [0.3, 0.4) is 0 Å². The maximum absolute atomic E-state index is 5.22. The van der Waals surface area contributed by atoms with Gasteiger partial charge in [0.15, 0.2) is 0 Å². The van der Waals surface area contributed by atoms with Crippen molar-refractivity contribution in [2.45, 2.75) is 51.9 Å². The zero-order valence-electron chi connectivity index (χ0n) is 22.9. The summed E-state index contributed by atoms with van der Waals surface area (Å²) in [5.41, 5.74) is 3.98. The molecule has 0 amide bonds. The minimum atomic E-state index is 0.732. The first kappa shape index (κ1) is 26.5. The zero-order chi connectivity index (χ0) is 26.4. The first-order valence-corrected chi connectivity index (χ1v) is 13.8. The van der Waals surface area contributed by atoms with Gasteiger partial charge < -0.3 is 13.9 Å². The van der Waals surface area contributed by atoms with Gasteiger partial charge >= 0.3 is 0 Å². The summed E-state index contributed by atoms with van der Waals surface area (Å²) in [6, 6.07) is 7.97. The Morgan fingerprint density at radius 1 is 0.789 bits per heavy atom. The van der Waals surface area contributed by atoms with Crippen LogP contribution in [0.5, 0.6) is 0 Å². The van der Waals surface area contributed by atoms with Gasteiger partial charge in [0.25, 0.3) is 7.98 Å². The van der Waals surface area contributed by atoms with E-state index in [4.69, 9.17) is 7.98 Å². The number of nitrogens with zero attached hydrogens (tertiary/aromatic N) is 11. The van der Waals surface area contributed by atoms with Crippen LogP contribution in [-0.4, -0.2) is 100 Å². The third kappa shape index (κ3) is 6.85. The molecule has 0 N–H and O–H groups in total. The maximum atomic E-state index is 5.22. The van der Waals surface area contributed by atoms with Crippen LogP contribution in [0.15, 0.2) is 46.8 Å². The third-order valence-electron chi connectivity index (χ3n) is 8.14. The molecule has 4 heterocycles. The number of hydrogen-bond acceptors (Lipinski definition) is 7. The standard InChI is InChI=1S/C26H40BN11/c1-37(15-3-4-16-37)21-24-19-35(32-29-24)13-11-34(26-9-7-23(8-10-26)28-31-27)12-14-36-20-25(30-33-36)22-38(2)17-5-6-18-38/h7-10,19-20H,3-6,11-18,21-22H2,1-2H3/q+2. The van der Waals surface area contributed by atoms with Gasteiger partial charge in [0.05, 0.1) is 71.4 Å². The molecule has 2 aromatic heterocycles. The Morgan fingerprint density at radius 3 is 1.71 bits per heavy atom. The van der Waals surface area contributed by atoms with Crippen molar-refractivity contribution in [3.05, 3.63) is 48.0 Å². The fourth-order valence-corrected chi connectivity index (χ4v) is 5.95. The Hall–Kier alpha value is -3.12. The normalized spacial score (nSPS) is 18.5. The van der Waals surface area contributed by atoms with Crippen molar-refractivity contribution in [1.29, 1.82) is 0 Å². The monoisotopic (exact) mass is 517 g/mol. The van der Waals surface area contributed by atoms with E-state index >= 15 is 0 Å². The summed E-state index contributed by atoms with van der Waals surface area (Å²) in [4.78, 5) is 2.34. The van der Waals surface area contributed by atoms with E-state index in [0.29, 0.717) is 0 Å². The zero-order valence-corrected chi connectivity index (χ0v) is 22.9. The molecule has 12 heteroatoms. The highest BCUT2D eigenvalue weighted by Gasteiger charge is 2.29. The second kappa shape index (κ2) is 11.7. The van der Waals surface area contributed by atoms with Crippen molar-refractivity contribution >= 4 is 19.4 Å². The molecule has 0 saturated carbocycles. The van der Waals surface area contributed by atoms with Crippen molar-refractivity contribution in [3.8, 4) is 0 Å². The largest absolute Gasteiger partial charge is 0.368 e. The summed E-state index contributed by atoms with van der Waals surface area (Å²) >= 11 is 0. The molecule has 0 unspecified atom stereocenters. The molecule has 200 valence electrons. The number of hydrogen-bond donors (Lipinski definition) is 0. The van der Waals surface area contributed by atoms with Crippen molar-refractivity contribution in [2.75, 3.05) is 58.3 Å². The number of benzene rings is 1. The topological polar surface area (TPSA) is 89.4 Å². The number of quaternary nitrogens is 2. The first-order chi connectivity index (χ1) is 18.4. The van der Waals surface area contributed by atoms with Crippen LogP contribution in [0.25, 0.3) is 0 Å². The van der Waals surface area contributed by atoms with Gasteiger partial charge in [-0.15, -0.1) is 10.2 Å². The summed E-state index contributed by atoms with van der Waals surface area (Å²) < 4.78 is 6.06. The predicted octanol–water partition coefficient (Wildman–Crippen LogP) is 2.72. The van der Waals surface area contributed by atoms with E-state index in [1.165, 1.54) is 51.9 Å². The molecule has 2 fully saturated rings. The van der Waals surface area contributed by atoms with E-state index in [2.05, 4.69) is 74.3 Å². The van der Waals surface area contributed by atoms with Gasteiger partial charge in [0.2, 0.25) is 0 Å². The Kier molecular flexibility index (Phi) is 8.18. The van der Waals surface area contributed by atoms with E-state index < -0.39 is 0 Å². The molecule has 1 aromatic carbocycles. The van der Waals surface area contributed by atoms with Gasteiger partial charge in [-0.2, -0.15) is 5.11 Å². The van der Waals surface area contributed by atoms with Gasteiger partial charge in [-0.3, -0.25) is 14.4 Å². The van der Waals surface area contributed by atoms with Crippen molar-refractivity contribution < 1.29 is 8.97 Å². The van der Waals surface area contributed by atoms with Crippen molar-refractivity contribution in [2.24, 2.45) is 10.1 Å². The lowest BCUT2D eigenvalue weighted by molar-refractivity contribution is -0.911. The molecular weight excluding hydrogens is 477 g/mol. The van der Waals surface area contributed by atoms with Crippen LogP contribution in [0.1, 0.15) is 37.1 Å². The quantitative estimate of drug-likeness (QED) is 0.209. The number of rotatable bonds is 12. The fourth-order valence-electron chi connectivity index (χ4n) is 5.95. The van der Waals surface area contributed by atoms with Crippen LogP contribution in [0.2, 0.25) is 0 Å². The minimum Gasteiger partial charge on any atom is -0.368 e. The predicted molar refractivity (Wildman–Crippen MR) is 147 cm³/mol. The molecular formula is C26H40BN11+2. The molecule has 0 bridgehead atoms. The van der Waals surface area contributed by atoms with E-state index in [1.807, 2.05) is 21.5 Å². The van der Waals surface area contributed by atoms with Crippen LogP contribution < -0.4 is 4.90 Å². The van der Waals surface area contributed by atoms with E-state index in [9.17, 15) is 0 Å². The van der Waals surface area contributed by atoms with Crippen molar-refractivity contribution in [3.63, 3.8) is 0 Å². The average Bonchev–Trinajstić information content (AvgIpc) is 3.71. The molecule has 0 aliphatic carbocycles. The SMILES string of the molecule is [B]N=Nc1ccc(N(CCn2cc(C[N+]3(C)CCCC3)nn2)CCn2cc(C[N+]3(C)CCCC3)nn2)cc1. The van der Waals surface area contributed by atoms with Gasteiger partial charge in [-0.05, 0) is 24.3 Å². The molecule has 11 nitrogen and oxygen atoms in total. The van der Waals surface area contributed by atoms with Crippen LogP contribution >= 0.6 is 0 Å². The second-order valence-electron chi connectivity index (χ2n) is 11.5. The Bertz CT molecular complexity index is 1120. The van der Waals surface area contributed by atoms with Gasteiger partial charge in [-0.25, -0.2) is 0 Å². The first-order valence-electron chi connectivity index (χ1n) is 13.8. The highest BCUT2D eigenvalue weighted by atomic mass is 15.5. The maximum Gasteiger partial charge on any atom is 0.293 e. The lowest BCUT2D eigenvalue weighted by Gasteiger charge is -2.27. The summed E-state index contributed by atoms with van der Waals surface area (Å²) in [6.07, 6.45) is 9.42. The highest BCUT2D eigenvalue weighted by Crippen LogP contribution is 2.22. The van der Waals surface area contributed by atoms with Crippen LogP contribution in [0, 0.1) is 0 Å². The highest BCUT2D eigenvalue weighted by molar-refractivity contribution is 6.04.